The van der Waals surface area contributed by atoms with Crippen LogP contribution in [0.3, 0.4) is 0 Å². The summed E-state index contributed by atoms with van der Waals surface area (Å²) in [6, 6.07) is 14.0. The molecule has 0 fully saturated rings. The third kappa shape index (κ3) is 6.63. The third-order valence-electron chi connectivity index (χ3n) is 3.86. The zero-order valence-corrected chi connectivity index (χ0v) is 17.3. The van der Waals surface area contributed by atoms with E-state index in [1.807, 2.05) is 30.3 Å². The molecule has 0 saturated carbocycles. The Labute approximate surface area is 165 Å². The normalized spacial score (nSPS) is 11.0. The number of halogens is 1. The van der Waals surface area contributed by atoms with Gasteiger partial charge in [0.25, 0.3) is 0 Å². The maximum atomic E-state index is 6.12. The molecule has 4 nitrogen and oxygen atoms in total. The van der Waals surface area contributed by atoms with E-state index >= 15 is 0 Å². The van der Waals surface area contributed by atoms with Gasteiger partial charge >= 0.3 is 0 Å². The number of hydrogen-bond donors (Lipinski definition) is 1. The Morgan fingerprint density at radius 1 is 1.08 bits per heavy atom. The zero-order valence-electron chi connectivity index (χ0n) is 15.8. The summed E-state index contributed by atoms with van der Waals surface area (Å²) in [6.45, 7) is 6.95. The first-order valence-corrected chi connectivity index (χ1v) is 9.75. The second-order valence-corrected chi connectivity index (χ2v) is 7.14. The molecule has 26 heavy (non-hydrogen) atoms. The Bertz CT molecular complexity index is 662. The van der Waals surface area contributed by atoms with Gasteiger partial charge in [0.05, 0.1) is 13.2 Å². The lowest BCUT2D eigenvalue weighted by atomic mass is 10.1. The average molecular weight is 422 g/mol. The van der Waals surface area contributed by atoms with Gasteiger partial charge in [-0.25, -0.2) is 0 Å². The zero-order chi connectivity index (χ0) is 18.8. The first kappa shape index (κ1) is 20.7. The fourth-order valence-corrected chi connectivity index (χ4v) is 2.98. The maximum Gasteiger partial charge on any atom is 0.167 e. The topological polar surface area (TPSA) is 39.7 Å². The fourth-order valence-electron chi connectivity index (χ4n) is 2.53. The number of nitrogens with one attached hydrogen (secondary N) is 1. The SMILES string of the molecule is COc1ccc(Br)c(CNCCCOC(C)C)c1OCc1ccccc1. The molecule has 2 rings (SSSR count). The molecule has 5 heteroatoms. The summed E-state index contributed by atoms with van der Waals surface area (Å²) < 4.78 is 18.2. The summed E-state index contributed by atoms with van der Waals surface area (Å²) in [7, 11) is 1.67. The Hall–Kier alpha value is -1.56. The van der Waals surface area contributed by atoms with Gasteiger partial charge in [-0.15, -0.1) is 0 Å². The van der Waals surface area contributed by atoms with Crippen LogP contribution in [-0.4, -0.2) is 26.4 Å². The van der Waals surface area contributed by atoms with E-state index in [1.165, 1.54) is 0 Å². The van der Waals surface area contributed by atoms with Crippen LogP contribution in [0.1, 0.15) is 31.4 Å². The number of methoxy groups -OCH3 is 1. The third-order valence-corrected chi connectivity index (χ3v) is 4.61. The molecule has 1 N–H and O–H groups in total. The molecule has 0 atom stereocenters. The van der Waals surface area contributed by atoms with Crippen molar-refractivity contribution in [2.45, 2.75) is 39.5 Å². The number of hydrogen-bond acceptors (Lipinski definition) is 4. The van der Waals surface area contributed by atoms with Crippen LogP contribution in [-0.2, 0) is 17.9 Å². The van der Waals surface area contributed by atoms with Gasteiger partial charge in [0, 0.05) is 23.2 Å². The highest BCUT2D eigenvalue weighted by molar-refractivity contribution is 9.10. The van der Waals surface area contributed by atoms with Crippen molar-refractivity contribution in [2.24, 2.45) is 0 Å². The smallest absolute Gasteiger partial charge is 0.167 e. The van der Waals surface area contributed by atoms with Crippen LogP contribution in [0.15, 0.2) is 46.9 Å². The molecule has 0 radical (unpaired) electrons. The highest BCUT2D eigenvalue weighted by atomic mass is 79.9. The van der Waals surface area contributed by atoms with Gasteiger partial charge in [-0.1, -0.05) is 46.3 Å². The van der Waals surface area contributed by atoms with Crippen molar-refractivity contribution in [3.63, 3.8) is 0 Å². The summed E-state index contributed by atoms with van der Waals surface area (Å²) in [5.74, 6) is 1.51. The van der Waals surface area contributed by atoms with E-state index < -0.39 is 0 Å². The number of benzene rings is 2. The van der Waals surface area contributed by atoms with Crippen molar-refractivity contribution in [1.29, 1.82) is 0 Å². The highest BCUT2D eigenvalue weighted by Gasteiger charge is 2.14. The molecule has 0 heterocycles. The molecule has 0 aromatic heterocycles. The van der Waals surface area contributed by atoms with Crippen molar-refractivity contribution < 1.29 is 14.2 Å². The van der Waals surface area contributed by atoms with Crippen LogP contribution in [0.5, 0.6) is 11.5 Å². The van der Waals surface area contributed by atoms with Crippen LogP contribution in [0.25, 0.3) is 0 Å². The van der Waals surface area contributed by atoms with E-state index in [4.69, 9.17) is 14.2 Å². The van der Waals surface area contributed by atoms with E-state index in [1.54, 1.807) is 7.11 Å². The molecular formula is C21H28BrNO3. The molecular weight excluding hydrogens is 394 g/mol. The van der Waals surface area contributed by atoms with Crippen molar-refractivity contribution >= 4 is 15.9 Å². The van der Waals surface area contributed by atoms with Gasteiger partial charge in [0.1, 0.15) is 6.61 Å². The van der Waals surface area contributed by atoms with Gasteiger partial charge in [-0.2, -0.15) is 0 Å². The highest BCUT2D eigenvalue weighted by Crippen LogP contribution is 2.36. The van der Waals surface area contributed by atoms with Gasteiger partial charge < -0.3 is 19.5 Å². The van der Waals surface area contributed by atoms with E-state index in [0.29, 0.717) is 13.2 Å². The van der Waals surface area contributed by atoms with Gasteiger partial charge in [-0.3, -0.25) is 0 Å². The Kier molecular flexibility index (Phi) is 8.95. The van der Waals surface area contributed by atoms with Crippen molar-refractivity contribution in [1.82, 2.24) is 5.32 Å². The van der Waals surface area contributed by atoms with Crippen LogP contribution in [0.4, 0.5) is 0 Å². The quantitative estimate of drug-likeness (QED) is 0.521. The van der Waals surface area contributed by atoms with E-state index in [-0.39, 0.29) is 6.10 Å². The van der Waals surface area contributed by atoms with Crippen molar-refractivity contribution in [2.75, 3.05) is 20.3 Å². The predicted octanol–water partition coefficient (Wildman–Crippen LogP) is 4.94. The van der Waals surface area contributed by atoms with Crippen molar-refractivity contribution in [3.8, 4) is 11.5 Å². The molecule has 0 amide bonds. The van der Waals surface area contributed by atoms with Gasteiger partial charge in [0.15, 0.2) is 11.5 Å². The molecule has 0 spiro atoms. The molecule has 2 aromatic rings. The van der Waals surface area contributed by atoms with Gasteiger partial charge in [-0.05, 0) is 44.5 Å². The van der Waals surface area contributed by atoms with E-state index in [0.717, 1.165) is 46.7 Å². The molecule has 0 unspecified atom stereocenters. The number of ether oxygens (including phenoxy) is 3. The second kappa shape index (κ2) is 11.2. The molecule has 0 bridgehead atoms. The second-order valence-electron chi connectivity index (χ2n) is 6.28. The van der Waals surface area contributed by atoms with E-state index in [2.05, 4.69) is 47.2 Å². The summed E-state index contributed by atoms with van der Waals surface area (Å²) in [6.07, 6.45) is 1.25. The fraction of sp³-hybridized carbons (Fsp3) is 0.429. The Morgan fingerprint density at radius 3 is 2.54 bits per heavy atom. The first-order chi connectivity index (χ1) is 12.6. The predicted molar refractivity (Wildman–Crippen MR) is 109 cm³/mol. The van der Waals surface area contributed by atoms with Crippen LogP contribution in [0.2, 0.25) is 0 Å². The largest absolute Gasteiger partial charge is 0.493 e. The first-order valence-electron chi connectivity index (χ1n) is 8.96. The lowest BCUT2D eigenvalue weighted by molar-refractivity contribution is 0.0770. The standard InChI is InChI=1S/C21H28BrNO3/c1-16(2)25-13-7-12-23-14-18-19(22)10-11-20(24-3)21(18)26-15-17-8-5-4-6-9-17/h4-6,8-11,16,23H,7,12-15H2,1-3H3. The number of rotatable bonds is 11. The van der Waals surface area contributed by atoms with Crippen LogP contribution in [0, 0.1) is 0 Å². The summed E-state index contributed by atoms with van der Waals surface area (Å²) >= 11 is 3.64. The molecule has 142 valence electrons. The lowest BCUT2D eigenvalue weighted by Crippen LogP contribution is -2.18. The Balaban J connectivity index is 1.99. The minimum absolute atomic E-state index is 0.278. The van der Waals surface area contributed by atoms with E-state index in [9.17, 15) is 0 Å². The van der Waals surface area contributed by atoms with Gasteiger partial charge in [0.2, 0.25) is 0 Å². The Morgan fingerprint density at radius 2 is 1.85 bits per heavy atom. The summed E-state index contributed by atoms with van der Waals surface area (Å²) in [5.41, 5.74) is 2.18. The van der Waals surface area contributed by atoms with Crippen LogP contribution >= 0.6 is 15.9 Å². The minimum Gasteiger partial charge on any atom is -0.493 e. The lowest BCUT2D eigenvalue weighted by Gasteiger charge is -2.17. The molecule has 2 aromatic carbocycles. The summed E-state index contributed by atoms with van der Waals surface area (Å²) in [4.78, 5) is 0. The van der Waals surface area contributed by atoms with Crippen molar-refractivity contribution in [3.05, 3.63) is 58.1 Å². The molecule has 0 aliphatic rings. The minimum atomic E-state index is 0.278. The molecule has 0 saturated heterocycles. The maximum absolute atomic E-state index is 6.12. The monoisotopic (exact) mass is 421 g/mol. The molecule has 0 aliphatic heterocycles. The summed E-state index contributed by atoms with van der Waals surface area (Å²) in [5, 5.41) is 3.46. The van der Waals surface area contributed by atoms with Crippen LogP contribution < -0.4 is 14.8 Å². The average Bonchev–Trinajstić information content (AvgIpc) is 2.64. The molecule has 0 aliphatic carbocycles.